The van der Waals surface area contributed by atoms with Gasteiger partial charge in [-0.05, 0) is 37.0 Å². The normalized spacial score (nSPS) is 23.2. The highest BCUT2D eigenvalue weighted by Crippen LogP contribution is 2.32. The minimum absolute atomic E-state index is 0.326. The van der Waals surface area contributed by atoms with Gasteiger partial charge in [-0.25, -0.2) is 9.59 Å². The van der Waals surface area contributed by atoms with Crippen LogP contribution < -0.4 is 5.73 Å². The molecular formula is C15H16N2O6. The van der Waals surface area contributed by atoms with Gasteiger partial charge in [0.05, 0.1) is 11.6 Å². The lowest BCUT2D eigenvalue weighted by Gasteiger charge is -2.34. The first-order valence-electron chi connectivity index (χ1n) is 6.70. The van der Waals surface area contributed by atoms with Gasteiger partial charge in [0.25, 0.3) is 0 Å². The third kappa shape index (κ3) is 4.35. The molecule has 1 saturated carbocycles. The van der Waals surface area contributed by atoms with Gasteiger partial charge in [-0.1, -0.05) is 12.1 Å². The number of carbonyl (C=O) groups is 3. The number of nitriles is 1. The van der Waals surface area contributed by atoms with Crippen LogP contribution in [0.3, 0.4) is 0 Å². The van der Waals surface area contributed by atoms with Crippen LogP contribution in [0.5, 0.6) is 0 Å². The van der Waals surface area contributed by atoms with Crippen LogP contribution in [0, 0.1) is 11.3 Å². The Morgan fingerprint density at radius 1 is 1.22 bits per heavy atom. The molecule has 122 valence electrons. The molecule has 1 fully saturated rings. The molecule has 1 aromatic rings. The van der Waals surface area contributed by atoms with Crippen molar-refractivity contribution in [3.05, 3.63) is 35.4 Å². The van der Waals surface area contributed by atoms with Crippen LogP contribution >= 0.6 is 0 Å². The standard InChI is InChI=1S/C13H14N2O2.C2H2O4/c14-8-9-3-5-10(6-4-9)13(15)7-1-2-11(16)12(13)17;3-1(4)2(5)6/h3-6,11,16H,1-2,7,15H2;(H,3,4)(H,5,6). The van der Waals surface area contributed by atoms with E-state index in [9.17, 15) is 9.90 Å². The van der Waals surface area contributed by atoms with Crippen molar-refractivity contribution in [1.29, 1.82) is 5.26 Å². The number of rotatable bonds is 1. The summed E-state index contributed by atoms with van der Waals surface area (Å²) in [6, 6.07) is 8.67. The quantitative estimate of drug-likeness (QED) is 0.525. The Morgan fingerprint density at radius 3 is 2.17 bits per heavy atom. The van der Waals surface area contributed by atoms with Crippen LogP contribution in [0.4, 0.5) is 0 Å². The lowest BCUT2D eigenvalue weighted by Crippen LogP contribution is -2.52. The number of hydrogen-bond donors (Lipinski definition) is 4. The number of hydrogen-bond acceptors (Lipinski definition) is 6. The number of Topliss-reactive ketones (excluding diaryl/α,β-unsaturated/α-hetero) is 1. The maximum absolute atomic E-state index is 12.0. The zero-order valence-electron chi connectivity index (χ0n) is 12.1. The van der Waals surface area contributed by atoms with Gasteiger partial charge in [0.1, 0.15) is 11.6 Å². The molecule has 0 saturated heterocycles. The highest BCUT2D eigenvalue weighted by molar-refractivity contribution is 6.27. The molecule has 2 rings (SSSR count). The lowest BCUT2D eigenvalue weighted by molar-refractivity contribution is -0.159. The summed E-state index contributed by atoms with van der Waals surface area (Å²) in [6.45, 7) is 0. The van der Waals surface area contributed by atoms with Crippen LogP contribution in [0.1, 0.15) is 30.4 Å². The molecule has 0 radical (unpaired) electrons. The number of ketones is 1. The first kappa shape index (κ1) is 18.3. The second-order valence-electron chi connectivity index (χ2n) is 5.04. The predicted molar refractivity (Wildman–Crippen MR) is 77.2 cm³/mol. The van der Waals surface area contributed by atoms with Crippen LogP contribution in [-0.2, 0) is 19.9 Å². The summed E-state index contributed by atoms with van der Waals surface area (Å²) in [5, 5.41) is 33.1. The molecular weight excluding hydrogens is 304 g/mol. The van der Waals surface area contributed by atoms with Gasteiger partial charge >= 0.3 is 11.9 Å². The summed E-state index contributed by atoms with van der Waals surface area (Å²) < 4.78 is 0. The Kier molecular flexibility index (Phi) is 5.95. The molecule has 0 aromatic heterocycles. The Labute approximate surface area is 131 Å². The van der Waals surface area contributed by atoms with Gasteiger partial charge in [0, 0.05) is 0 Å². The Bertz CT molecular complexity index is 637. The number of aliphatic hydroxyl groups is 1. The van der Waals surface area contributed by atoms with Crippen LogP contribution in [-0.4, -0.2) is 39.1 Å². The third-order valence-electron chi connectivity index (χ3n) is 3.50. The number of benzene rings is 1. The molecule has 1 aromatic carbocycles. The van der Waals surface area contributed by atoms with Gasteiger partial charge < -0.3 is 21.1 Å². The Morgan fingerprint density at radius 2 is 1.74 bits per heavy atom. The summed E-state index contributed by atoms with van der Waals surface area (Å²) in [5.74, 6) is -3.97. The monoisotopic (exact) mass is 320 g/mol. The van der Waals surface area contributed by atoms with E-state index in [4.69, 9.17) is 30.8 Å². The molecule has 1 aliphatic rings. The van der Waals surface area contributed by atoms with Gasteiger partial charge in [-0.2, -0.15) is 5.26 Å². The Balaban J connectivity index is 0.000000379. The molecule has 0 heterocycles. The van der Waals surface area contributed by atoms with E-state index in [-0.39, 0.29) is 5.78 Å². The molecule has 2 unspecified atom stereocenters. The molecule has 2 atom stereocenters. The van der Waals surface area contributed by atoms with Crippen molar-refractivity contribution in [3.63, 3.8) is 0 Å². The highest BCUT2D eigenvalue weighted by atomic mass is 16.4. The van der Waals surface area contributed by atoms with E-state index in [2.05, 4.69) is 0 Å². The van der Waals surface area contributed by atoms with E-state index >= 15 is 0 Å². The molecule has 1 aliphatic carbocycles. The first-order chi connectivity index (χ1) is 10.7. The largest absolute Gasteiger partial charge is 0.473 e. The van der Waals surface area contributed by atoms with Crippen molar-refractivity contribution in [3.8, 4) is 6.07 Å². The summed E-state index contributed by atoms with van der Waals surface area (Å²) in [5.41, 5.74) is 6.20. The zero-order valence-corrected chi connectivity index (χ0v) is 12.1. The highest BCUT2D eigenvalue weighted by Gasteiger charge is 2.42. The zero-order chi connectivity index (χ0) is 17.6. The van der Waals surface area contributed by atoms with Crippen LogP contribution in [0.2, 0.25) is 0 Å². The molecule has 0 bridgehead atoms. The number of aliphatic carboxylic acids is 2. The first-order valence-corrected chi connectivity index (χ1v) is 6.70. The predicted octanol–water partition coefficient (Wildman–Crippen LogP) is -0.0182. The van der Waals surface area contributed by atoms with Crippen molar-refractivity contribution < 1.29 is 29.7 Å². The number of nitrogens with zero attached hydrogens (tertiary/aromatic N) is 1. The van der Waals surface area contributed by atoms with Crippen molar-refractivity contribution in [2.75, 3.05) is 0 Å². The SMILES string of the molecule is N#Cc1ccc(C2(N)CCCC(O)C2=O)cc1.O=C(O)C(=O)O. The molecule has 8 heteroatoms. The van der Waals surface area contributed by atoms with Gasteiger partial charge in [-0.3, -0.25) is 4.79 Å². The van der Waals surface area contributed by atoms with Crippen LogP contribution in [0.15, 0.2) is 24.3 Å². The van der Waals surface area contributed by atoms with E-state index in [1.165, 1.54) is 0 Å². The molecule has 0 amide bonds. The summed E-state index contributed by atoms with van der Waals surface area (Å²) >= 11 is 0. The van der Waals surface area contributed by atoms with Gasteiger partial charge in [-0.15, -0.1) is 0 Å². The molecule has 23 heavy (non-hydrogen) atoms. The van der Waals surface area contributed by atoms with Crippen molar-refractivity contribution in [1.82, 2.24) is 0 Å². The molecule has 5 N–H and O–H groups in total. The number of nitrogens with two attached hydrogens (primary N) is 1. The number of aliphatic hydroxyl groups excluding tert-OH is 1. The van der Waals surface area contributed by atoms with Crippen molar-refractivity contribution in [2.45, 2.75) is 30.9 Å². The van der Waals surface area contributed by atoms with E-state index in [1.807, 2.05) is 6.07 Å². The smallest absolute Gasteiger partial charge is 0.414 e. The molecule has 0 spiro atoms. The summed E-state index contributed by atoms with van der Waals surface area (Å²) in [6.07, 6.45) is 0.774. The number of carbonyl (C=O) groups excluding carboxylic acids is 1. The lowest BCUT2D eigenvalue weighted by atomic mass is 9.75. The van der Waals surface area contributed by atoms with Crippen LogP contribution in [0.25, 0.3) is 0 Å². The average Bonchev–Trinajstić information content (AvgIpc) is 2.53. The minimum atomic E-state index is -1.82. The third-order valence-corrected chi connectivity index (χ3v) is 3.50. The van der Waals surface area contributed by atoms with Crippen molar-refractivity contribution in [2.24, 2.45) is 5.73 Å². The number of carboxylic acids is 2. The van der Waals surface area contributed by atoms with E-state index in [1.54, 1.807) is 24.3 Å². The molecule has 8 nitrogen and oxygen atoms in total. The molecule has 0 aliphatic heterocycles. The van der Waals surface area contributed by atoms with E-state index in [0.717, 1.165) is 6.42 Å². The van der Waals surface area contributed by atoms with Gasteiger partial charge in [0.2, 0.25) is 0 Å². The van der Waals surface area contributed by atoms with Gasteiger partial charge in [0.15, 0.2) is 5.78 Å². The minimum Gasteiger partial charge on any atom is -0.473 e. The second-order valence-corrected chi connectivity index (χ2v) is 5.04. The summed E-state index contributed by atoms with van der Waals surface area (Å²) in [7, 11) is 0. The Hall–Kier alpha value is -2.76. The maximum Gasteiger partial charge on any atom is 0.414 e. The summed E-state index contributed by atoms with van der Waals surface area (Å²) in [4.78, 5) is 30.2. The van der Waals surface area contributed by atoms with E-state index < -0.39 is 23.6 Å². The number of carboxylic acid groups (broad SMARTS) is 2. The maximum atomic E-state index is 12.0. The fraction of sp³-hybridized carbons (Fsp3) is 0.333. The second kappa shape index (κ2) is 7.49. The fourth-order valence-corrected chi connectivity index (χ4v) is 2.25. The topological polar surface area (TPSA) is 162 Å². The fourth-order valence-electron chi connectivity index (χ4n) is 2.25. The van der Waals surface area contributed by atoms with Crippen molar-refractivity contribution >= 4 is 17.7 Å². The van der Waals surface area contributed by atoms with E-state index in [0.29, 0.717) is 24.0 Å². The average molecular weight is 320 g/mol.